The molecule has 0 saturated heterocycles. The molecule has 3 fully saturated rings. The molecule has 0 atom stereocenters. The van der Waals surface area contributed by atoms with Gasteiger partial charge in [0.1, 0.15) is 23.4 Å². The Bertz CT molecular complexity index is 2300. The van der Waals surface area contributed by atoms with Gasteiger partial charge in [-0.2, -0.15) is 18.3 Å². The molecule has 3 saturated carbocycles. The average molecular weight is 666 g/mol. The minimum atomic E-state index is -4.53. The predicted molar refractivity (Wildman–Crippen MR) is 173 cm³/mol. The number of alkyl halides is 3. The van der Waals surface area contributed by atoms with Crippen LogP contribution in [0.15, 0.2) is 66.2 Å². The fourth-order valence-electron chi connectivity index (χ4n) is 6.38. The van der Waals surface area contributed by atoms with Gasteiger partial charge in [0.15, 0.2) is 11.5 Å². The molecule has 14 heteroatoms. The Morgan fingerprint density at radius 1 is 0.898 bits per heavy atom. The van der Waals surface area contributed by atoms with Crippen molar-refractivity contribution in [3.63, 3.8) is 0 Å². The van der Waals surface area contributed by atoms with Crippen molar-refractivity contribution in [2.45, 2.75) is 69.2 Å². The summed E-state index contributed by atoms with van der Waals surface area (Å²) in [5.41, 5.74) is 3.19. The number of nitrogens with zero attached hydrogens (tertiary/aromatic N) is 9. The Labute approximate surface area is 277 Å². The van der Waals surface area contributed by atoms with Crippen molar-refractivity contribution in [2.24, 2.45) is 0 Å². The van der Waals surface area contributed by atoms with Crippen LogP contribution in [0, 0.1) is 0 Å². The quantitative estimate of drug-likeness (QED) is 0.170. The van der Waals surface area contributed by atoms with E-state index in [9.17, 15) is 18.0 Å². The molecule has 0 amide bonds. The number of fused-ring (bicyclic) bond motifs is 1. The summed E-state index contributed by atoms with van der Waals surface area (Å²) >= 11 is 0. The Morgan fingerprint density at radius 2 is 1.67 bits per heavy atom. The van der Waals surface area contributed by atoms with E-state index in [0.717, 1.165) is 56.0 Å². The van der Waals surface area contributed by atoms with Crippen LogP contribution in [-0.2, 0) is 12.7 Å². The van der Waals surface area contributed by atoms with Gasteiger partial charge >= 0.3 is 6.18 Å². The summed E-state index contributed by atoms with van der Waals surface area (Å²) in [7, 11) is 1.54. The molecule has 0 aliphatic heterocycles. The number of hydrogen-bond donors (Lipinski definition) is 0. The summed E-state index contributed by atoms with van der Waals surface area (Å²) in [5, 5.41) is 5.16. The van der Waals surface area contributed by atoms with Crippen molar-refractivity contribution in [2.75, 3.05) is 7.11 Å². The number of aromatic nitrogens is 9. The summed E-state index contributed by atoms with van der Waals surface area (Å²) in [6, 6.07) is 9.29. The second-order valence-corrected chi connectivity index (χ2v) is 13.1. The second kappa shape index (κ2) is 11.1. The lowest BCUT2D eigenvalue weighted by Crippen LogP contribution is -2.24. The summed E-state index contributed by atoms with van der Waals surface area (Å²) in [5.74, 6) is 1.27. The minimum absolute atomic E-state index is 0.0122. The average Bonchev–Trinajstić information content (AvgIpc) is 4.03. The second-order valence-electron chi connectivity index (χ2n) is 13.1. The van der Waals surface area contributed by atoms with Crippen molar-refractivity contribution in [3.8, 4) is 39.8 Å². The molecule has 248 valence electrons. The third-order valence-electron chi connectivity index (χ3n) is 9.40. The van der Waals surface area contributed by atoms with E-state index in [1.54, 1.807) is 39.7 Å². The molecule has 6 aromatic rings. The molecule has 0 N–H and O–H groups in total. The van der Waals surface area contributed by atoms with Crippen LogP contribution in [0.5, 0.6) is 5.88 Å². The van der Waals surface area contributed by atoms with E-state index >= 15 is 0 Å². The zero-order valence-corrected chi connectivity index (χ0v) is 26.4. The molecule has 0 radical (unpaired) electrons. The smallest absolute Gasteiger partial charge is 0.434 e. The van der Waals surface area contributed by atoms with Crippen LogP contribution < -0.4 is 10.3 Å². The van der Waals surface area contributed by atoms with Crippen LogP contribution in [0.2, 0.25) is 0 Å². The molecule has 9 rings (SSSR count). The van der Waals surface area contributed by atoms with Gasteiger partial charge < -0.3 is 9.30 Å². The first-order chi connectivity index (χ1) is 23.7. The van der Waals surface area contributed by atoms with Gasteiger partial charge in [0, 0.05) is 47.1 Å². The van der Waals surface area contributed by atoms with Crippen molar-refractivity contribution < 1.29 is 17.9 Å². The van der Waals surface area contributed by atoms with Crippen LogP contribution >= 0.6 is 0 Å². The highest BCUT2D eigenvalue weighted by Gasteiger charge is 2.37. The Morgan fingerprint density at radius 3 is 2.37 bits per heavy atom. The van der Waals surface area contributed by atoms with Crippen LogP contribution in [0.4, 0.5) is 13.2 Å². The molecule has 11 nitrogen and oxygen atoms in total. The van der Waals surface area contributed by atoms with Crippen molar-refractivity contribution >= 4 is 11.0 Å². The van der Waals surface area contributed by atoms with Crippen LogP contribution in [0.25, 0.3) is 44.9 Å². The van der Waals surface area contributed by atoms with Gasteiger partial charge in [-0.25, -0.2) is 24.9 Å². The van der Waals surface area contributed by atoms with E-state index in [1.807, 2.05) is 23.0 Å². The standard InChI is InChI=1S/C35H30F3N9O2/c1-49-33-28(29(20-6-7-20)40-18-41-33)30-39-13-22-12-26(23-14-42-47(16-23)25-10-11-25)34(48)46(32(22)44-30)15-19-2-4-21(5-3-19)31-43-27(35(36,37)38)17-45(31)24-8-9-24/h2-5,12-14,16-18,20,24-25H,6-11,15H2,1H3. The Hall–Kier alpha value is -5.40. The molecular weight excluding hydrogens is 635 g/mol. The van der Waals surface area contributed by atoms with Crippen molar-refractivity contribution in [3.05, 3.63) is 88.8 Å². The Kier molecular flexibility index (Phi) is 6.71. The molecular formula is C35H30F3N9O2. The van der Waals surface area contributed by atoms with Gasteiger partial charge in [-0.15, -0.1) is 0 Å². The van der Waals surface area contributed by atoms with Crippen LogP contribution in [-0.4, -0.2) is 50.9 Å². The molecule has 0 spiro atoms. The lowest BCUT2D eigenvalue weighted by Gasteiger charge is -2.15. The molecule has 5 aromatic heterocycles. The van der Waals surface area contributed by atoms with Gasteiger partial charge in [-0.3, -0.25) is 14.0 Å². The third kappa shape index (κ3) is 5.44. The molecule has 1 aromatic carbocycles. The highest BCUT2D eigenvalue weighted by molar-refractivity contribution is 5.82. The van der Waals surface area contributed by atoms with Gasteiger partial charge in [0.25, 0.3) is 5.56 Å². The molecule has 5 heterocycles. The highest BCUT2D eigenvalue weighted by Crippen LogP contribution is 2.45. The number of methoxy groups -OCH3 is 1. The van der Waals surface area contributed by atoms with Gasteiger partial charge in [0.05, 0.1) is 37.2 Å². The van der Waals surface area contributed by atoms with Gasteiger partial charge in [-0.1, -0.05) is 24.3 Å². The lowest BCUT2D eigenvalue weighted by atomic mass is 10.1. The SMILES string of the molecule is COc1ncnc(C2CC2)c1-c1ncc2cc(-c3cnn(C4CC4)c3)c(=O)n(Cc3ccc(-c4nc(C(F)(F)F)cn4C4CC4)cc3)c2n1. The number of pyridine rings is 1. The number of rotatable bonds is 9. The molecule has 0 bridgehead atoms. The molecule has 0 unspecified atom stereocenters. The molecule has 3 aliphatic carbocycles. The van der Waals surface area contributed by atoms with E-state index in [2.05, 4.69) is 20.1 Å². The zero-order chi connectivity index (χ0) is 33.4. The van der Waals surface area contributed by atoms with Crippen molar-refractivity contribution in [1.29, 1.82) is 0 Å². The van der Waals surface area contributed by atoms with E-state index in [1.165, 1.54) is 13.4 Å². The molecule has 49 heavy (non-hydrogen) atoms. The first-order valence-corrected chi connectivity index (χ1v) is 16.3. The lowest BCUT2D eigenvalue weighted by molar-refractivity contribution is -0.140. The molecule has 3 aliphatic rings. The number of hydrogen-bond acceptors (Lipinski definition) is 8. The number of imidazole rings is 1. The predicted octanol–water partition coefficient (Wildman–Crippen LogP) is 6.60. The largest absolute Gasteiger partial charge is 0.480 e. The van der Waals surface area contributed by atoms with Gasteiger partial charge in [0.2, 0.25) is 5.88 Å². The fourth-order valence-corrected chi connectivity index (χ4v) is 6.38. The van der Waals surface area contributed by atoms with E-state index in [0.29, 0.717) is 51.0 Å². The number of ether oxygens (including phenoxy) is 1. The summed E-state index contributed by atoms with van der Waals surface area (Å²) in [6.07, 6.45) is 9.10. The van der Waals surface area contributed by atoms with Crippen LogP contribution in [0.3, 0.4) is 0 Å². The summed E-state index contributed by atoms with van der Waals surface area (Å²) < 4.78 is 51.4. The van der Waals surface area contributed by atoms with Gasteiger partial charge in [-0.05, 0) is 50.2 Å². The monoisotopic (exact) mass is 665 g/mol. The highest BCUT2D eigenvalue weighted by atomic mass is 19.4. The number of benzene rings is 1. The fraction of sp³-hybridized carbons (Fsp3) is 0.343. The normalized spacial score (nSPS) is 16.4. The zero-order valence-electron chi connectivity index (χ0n) is 26.4. The maximum Gasteiger partial charge on any atom is 0.434 e. The van der Waals surface area contributed by atoms with Crippen molar-refractivity contribution in [1.82, 2.24) is 43.8 Å². The maximum absolute atomic E-state index is 14.3. The van der Waals surface area contributed by atoms with E-state index < -0.39 is 11.9 Å². The van der Waals surface area contributed by atoms with Crippen LogP contribution in [0.1, 0.15) is 73.5 Å². The summed E-state index contributed by atoms with van der Waals surface area (Å²) in [4.78, 5) is 36.8. The van der Waals surface area contributed by atoms with E-state index in [-0.39, 0.29) is 29.9 Å². The first kappa shape index (κ1) is 29.7. The third-order valence-corrected chi connectivity index (χ3v) is 9.40. The topological polar surface area (TPSA) is 118 Å². The maximum atomic E-state index is 14.3. The van der Waals surface area contributed by atoms with E-state index in [4.69, 9.17) is 14.7 Å². The Balaban J connectivity index is 1.15. The number of halogens is 3. The summed E-state index contributed by atoms with van der Waals surface area (Å²) in [6.45, 7) is 0.152. The minimum Gasteiger partial charge on any atom is -0.480 e. The first-order valence-electron chi connectivity index (χ1n) is 16.3.